The third-order valence-electron chi connectivity index (χ3n) is 3.74. The second-order valence-electron chi connectivity index (χ2n) is 4.88. The smallest absolute Gasteiger partial charge is 0.255 e. The summed E-state index contributed by atoms with van der Waals surface area (Å²) in [6, 6.07) is 8.03. The number of halogens is 2. The van der Waals surface area contributed by atoms with E-state index in [4.69, 9.17) is 11.6 Å². The van der Waals surface area contributed by atoms with Crippen molar-refractivity contribution in [2.45, 2.75) is 19.5 Å². The zero-order chi connectivity index (χ0) is 15.0. The van der Waals surface area contributed by atoms with Crippen molar-refractivity contribution < 1.29 is 14.3 Å². The lowest BCUT2D eigenvalue weighted by atomic mass is 10.1. The Hall–Kier alpha value is -2.14. The van der Waals surface area contributed by atoms with E-state index < -0.39 is 0 Å². The van der Waals surface area contributed by atoms with Crippen LogP contribution < -0.4 is 4.94 Å². The molecule has 1 atom stereocenters. The molecular formula is C15H12ClFN2O2. The molecule has 4 nitrogen and oxygen atoms in total. The van der Waals surface area contributed by atoms with Crippen LogP contribution in [0.3, 0.4) is 0 Å². The number of nitrogens with zero attached hydrogens (tertiary/aromatic N) is 2. The number of pyridine rings is 1. The first-order valence-electron chi connectivity index (χ1n) is 6.44. The number of rotatable bonds is 3. The van der Waals surface area contributed by atoms with Crippen molar-refractivity contribution in [2.24, 2.45) is 0 Å². The van der Waals surface area contributed by atoms with E-state index >= 15 is 0 Å². The Morgan fingerprint density at radius 3 is 2.67 bits per heavy atom. The number of hydrogen-bond donors (Lipinski definition) is 0. The molecule has 2 heterocycles. The SMILES string of the molecule is CC(c1ccc(OF)cc1)N1Cc2c(ccnc2Cl)C1=O. The fourth-order valence-corrected chi connectivity index (χ4v) is 2.72. The van der Waals surface area contributed by atoms with Gasteiger partial charge < -0.3 is 4.90 Å². The summed E-state index contributed by atoms with van der Waals surface area (Å²) in [6.45, 7) is 2.33. The third kappa shape index (κ3) is 2.34. The van der Waals surface area contributed by atoms with Crippen molar-refractivity contribution in [1.82, 2.24) is 9.88 Å². The second kappa shape index (κ2) is 5.33. The highest BCUT2D eigenvalue weighted by Crippen LogP contribution is 2.34. The molecule has 0 saturated carbocycles. The molecule has 1 aliphatic heterocycles. The molecule has 1 unspecified atom stereocenters. The Labute approximate surface area is 126 Å². The molecule has 21 heavy (non-hydrogen) atoms. The summed E-state index contributed by atoms with van der Waals surface area (Å²) in [6.07, 6.45) is 1.53. The van der Waals surface area contributed by atoms with Gasteiger partial charge in [-0.15, -0.1) is 0 Å². The molecule has 1 aromatic carbocycles. The van der Waals surface area contributed by atoms with Crippen LogP contribution in [0.1, 0.15) is 34.5 Å². The van der Waals surface area contributed by atoms with Crippen LogP contribution in [0.2, 0.25) is 5.15 Å². The van der Waals surface area contributed by atoms with Gasteiger partial charge in [-0.25, -0.2) is 4.98 Å². The van der Waals surface area contributed by atoms with E-state index in [1.54, 1.807) is 23.1 Å². The van der Waals surface area contributed by atoms with Gasteiger partial charge in [-0.05, 0) is 30.7 Å². The number of carbonyl (C=O) groups is 1. The van der Waals surface area contributed by atoms with Crippen molar-refractivity contribution in [3.05, 3.63) is 58.4 Å². The second-order valence-corrected chi connectivity index (χ2v) is 5.24. The van der Waals surface area contributed by atoms with E-state index in [2.05, 4.69) is 9.93 Å². The predicted molar refractivity (Wildman–Crippen MR) is 75.7 cm³/mol. The summed E-state index contributed by atoms with van der Waals surface area (Å²) in [4.78, 5) is 21.8. The molecule has 1 aromatic heterocycles. The number of hydrogen-bond acceptors (Lipinski definition) is 3. The molecule has 0 bridgehead atoms. The molecular weight excluding hydrogens is 295 g/mol. The predicted octanol–water partition coefficient (Wildman–Crippen LogP) is 3.72. The van der Waals surface area contributed by atoms with Crippen molar-refractivity contribution >= 4 is 17.5 Å². The molecule has 0 aliphatic carbocycles. The van der Waals surface area contributed by atoms with Gasteiger partial charge in [-0.1, -0.05) is 23.7 Å². The fourth-order valence-electron chi connectivity index (χ4n) is 2.51. The van der Waals surface area contributed by atoms with Crippen LogP contribution in [0.4, 0.5) is 4.53 Å². The number of aromatic nitrogens is 1. The Kier molecular flexibility index (Phi) is 3.51. The van der Waals surface area contributed by atoms with Crippen molar-refractivity contribution in [2.75, 3.05) is 0 Å². The highest BCUT2D eigenvalue weighted by molar-refractivity contribution is 6.30. The molecule has 0 fully saturated rings. The van der Waals surface area contributed by atoms with E-state index in [0.29, 0.717) is 17.3 Å². The van der Waals surface area contributed by atoms with Crippen LogP contribution in [0, 0.1) is 0 Å². The number of carbonyl (C=O) groups excluding carboxylic acids is 1. The first-order chi connectivity index (χ1) is 10.1. The van der Waals surface area contributed by atoms with Gasteiger partial charge in [0.1, 0.15) is 5.15 Å². The van der Waals surface area contributed by atoms with E-state index in [-0.39, 0.29) is 17.7 Å². The van der Waals surface area contributed by atoms with E-state index in [0.717, 1.165) is 11.1 Å². The standard InChI is InChI=1S/C15H12ClFN2O2/c1-9(10-2-4-11(21-17)5-3-10)19-8-13-12(15(19)20)6-7-18-14(13)16/h2-7,9H,8H2,1H3. The highest BCUT2D eigenvalue weighted by Gasteiger charge is 2.33. The van der Waals surface area contributed by atoms with Gasteiger partial charge in [0.25, 0.3) is 5.91 Å². The zero-order valence-electron chi connectivity index (χ0n) is 11.2. The first kappa shape index (κ1) is 13.8. The Balaban J connectivity index is 1.88. The minimum atomic E-state index is -0.158. The highest BCUT2D eigenvalue weighted by atomic mass is 35.5. The Morgan fingerprint density at radius 2 is 2.05 bits per heavy atom. The van der Waals surface area contributed by atoms with Crippen LogP contribution in [-0.4, -0.2) is 15.8 Å². The molecule has 108 valence electrons. The normalized spacial score (nSPS) is 15.0. The lowest BCUT2D eigenvalue weighted by Gasteiger charge is -2.24. The van der Waals surface area contributed by atoms with Gasteiger partial charge in [-0.3, -0.25) is 9.74 Å². The molecule has 0 radical (unpaired) electrons. The van der Waals surface area contributed by atoms with Gasteiger partial charge in [0, 0.05) is 21.8 Å². The topological polar surface area (TPSA) is 42.4 Å². The van der Waals surface area contributed by atoms with Gasteiger partial charge in [0.2, 0.25) is 0 Å². The maximum Gasteiger partial charge on any atom is 0.255 e. The van der Waals surface area contributed by atoms with E-state index in [1.165, 1.54) is 18.3 Å². The number of fused-ring (bicyclic) bond motifs is 1. The molecule has 1 aliphatic rings. The molecule has 2 aromatic rings. The van der Waals surface area contributed by atoms with Crippen LogP contribution >= 0.6 is 11.6 Å². The summed E-state index contributed by atoms with van der Waals surface area (Å²) in [5.41, 5.74) is 2.23. The van der Waals surface area contributed by atoms with Crippen LogP contribution in [0.25, 0.3) is 0 Å². The van der Waals surface area contributed by atoms with Crippen molar-refractivity contribution in [3.8, 4) is 5.75 Å². The average Bonchev–Trinajstić information content (AvgIpc) is 2.85. The summed E-state index contributed by atoms with van der Waals surface area (Å²) >= 11 is 6.04. The quantitative estimate of drug-likeness (QED) is 0.812. The summed E-state index contributed by atoms with van der Waals surface area (Å²) in [5.74, 6) is 0.0573. The first-order valence-corrected chi connectivity index (χ1v) is 6.82. The molecule has 1 amide bonds. The lowest BCUT2D eigenvalue weighted by molar-refractivity contribution is -0.00624. The maximum absolute atomic E-state index is 12.4. The van der Waals surface area contributed by atoms with Crippen molar-refractivity contribution in [3.63, 3.8) is 0 Å². The minimum absolute atomic E-state index is 0.0763. The number of benzene rings is 1. The monoisotopic (exact) mass is 306 g/mol. The fraction of sp³-hybridized carbons (Fsp3) is 0.200. The van der Waals surface area contributed by atoms with Crippen LogP contribution in [0.5, 0.6) is 5.75 Å². The van der Waals surface area contributed by atoms with Gasteiger partial charge in [0.15, 0.2) is 5.75 Å². The molecule has 3 rings (SSSR count). The van der Waals surface area contributed by atoms with Gasteiger partial charge in [-0.2, -0.15) is 0 Å². The average molecular weight is 307 g/mol. The van der Waals surface area contributed by atoms with Crippen LogP contribution in [0.15, 0.2) is 36.5 Å². The summed E-state index contributed by atoms with van der Waals surface area (Å²) in [7, 11) is 0. The molecule has 0 spiro atoms. The number of amides is 1. The van der Waals surface area contributed by atoms with E-state index in [1.807, 2.05) is 6.92 Å². The molecule has 0 N–H and O–H groups in total. The van der Waals surface area contributed by atoms with Crippen LogP contribution in [-0.2, 0) is 6.54 Å². The minimum Gasteiger partial charge on any atom is -0.327 e. The third-order valence-corrected chi connectivity index (χ3v) is 4.07. The Morgan fingerprint density at radius 1 is 1.33 bits per heavy atom. The molecule has 0 saturated heterocycles. The summed E-state index contributed by atoms with van der Waals surface area (Å²) < 4.78 is 12.1. The van der Waals surface area contributed by atoms with E-state index in [9.17, 15) is 9.32 Å². The zero-order valence-corrected chi connectivity index (χ0v) is 12.0. The Bertz CT molecular complexity index is 691. The largest absolute Gasteiger partial charge is 0.327 e. The lowest BCUT2D eigenvalue weighted by Crippen LogP contribution is -2.27. The van der Waals surface area contributed by atoms with Crippen molar-refractivity contribution in [1.29, 1.82) is 0 Å². The van der Waals surface area contributed by atoms with Gasteiger partial charge in [0.05, 0.1) is 12.6 Å². The maximum atomic E-state index is 12.4. The summed E-state index contributed by atoms with van der Waals surface area (Å²) in [5, 5.41) is 0.358. The van der Waals surface area contributed by atoms with Gasteiger partial charge >= 0.3 is 0 Å². The molecule has 6 heteroatoms.